The fourth-order valence-electron chi connectivity index (χ4n) is 3.89. The van der Waals surface area contributed by atoms with Crippen molar-refractivity contribution in [3.63, 3.8) is 0 Å². The Morgan fingerprint density at radius 3 is 2.87 bits per heavy atom. The van der Waals surface area contributed by atoms with Crippen LogP contribution in [0.3, 0.4) is 0 Å². The Morgan fingerprint density at radius 2 is 2.19 bits per heavy atom. The molecular formula is C19H27BN2O9. The summed E-state index contributed by atoms with van der Waals surface area (Å²) >= 11 is 0. The van der Waals surface area contributed by atoms with E-state index in [0.29, 0.717) is 5.56 Å². The van der Waals surface area contributed by atoms with E-state index in [2.05, 4.69) is 0 Å². The molecule has 31 heavy (non-hydrogen) atoms. The van der Waals surface area contributed by atoms with Crippen molar-refractivity contribution in [2.45, 2.75) is 63.3 Å². The minimum Gasteiger partial charge on any atom is -0.479 e. The third-order valence-corrected chi connectivity index (χ3v) is 5.60. The quantitative estimate of drug-likeness (QED) is 0.232. The highest BCUT2D eigenvalue weighted by atomic mass is 16.7. The Balaban J connectivity index is 1.65. The summed E-state index contributed by atoms with van der Waals surface area (Å²) < 4.78 is 16.3. The van der Waals surface area contributed by atoms with Crippen LogP contribution in [0.1, 0.15) is 31.2 Å². The summed E-state index contributed by atoms with van der Waals surface area (Å²) in [6.07, 6.45) is -1.53. The predicted octanol–water partition coefficient (Wildman–Crippen LogP) is 1.02. The van der Waals surface area contributed by atoms with Gasteiger partial charge in [-0.25, -0.2) is 4.79 Å². The molecule has 12 heteroatoms. The zero-order chi connectivity index (χ0) is 22.5. The summed E-state index contributed by atoms with van der Waals surface area (Å²) in [7, 11) is 1.92. The van der Waals surface area contributed by atoms with Crippen molar-refractivity contribution in [1.82, 2.24) is 4.81 Å². The number of nitro groups is 1. The topological polar surface area (TPSA) is 152 Å². The Bertz CT molecular complexity index is 796. The fourth-order valence-corrected chi connectivity index (χ4v) is 3.89. The van der Waals surface area contributed by atoms with Crippen LogP contribution < -0.4 is 4.74 Å². The standard InChI is InChI=1S/C19H27BN2O9/c1-21-7-3-2-6-20(21)19(26)29-11-12-4-5-15(14(8-12)22(27)28)30-17-10-13(23)9-16(31-17)18(24)25/h4-5,8,13,16-17,19,23,26H,2-3,6-7,9-11H2,1H3,(H,24,25). The number of rotatable bonds is 8. The first-order valence-electron chi connectivity index (χ1n) is 10.2. The third kappa shape index (κ3) is 6.14. The Kier molecular flexibility index (Phi) is 7.84. The number of aliphatic carboxylic acids is 1. The maximum absolute atomic E-state index is 11.5. The Morgan fingerprint density at radius 1 is 1.42 bits per heavy atom. The lowest BCUT2D eigenvalue weighted by atomic mass is 9.53. The molecule has 4 atom stereocenters. The van der Waals surface area contributed by atoms with Crippen molar-refractivity contribution < 1.29 is 39.2 Å². The molecule has 2 heterocycles. The summed E-state index contributed by atoms with van der Waals surface area (Å²) in [4.78, 5) is 24.1. The number of hydrogen-bond donors (Lipinski definition) is 3. The molecule has 0 radical (unpaired) electrons. The van der Waals surface area contributed by atoms with Crippen molar-refractivity contribution >= 4 is 18.5 Å². The van der Waals surface area contributed by atoms with Crippen LogP contribution in [0, 0.1) is 10.1 Å². The highest BCUT2D eigenvalue weighted by Gasteiger charge is 2.35. The maximum Gasteiger partial charge on any atom is 0.333 e. The molecule has 3 rings (SSSR count). The molecule has 1 aromatic rings. The highest BCUT2D eigenvalue weighted by Crippen LogP contribution is 2.32. The zero-order valence-corrected chi connectivity index (χ0v) is 17.3. The SMILES string of the molecule is CN1CCCCB1C(O)OCc1ccc(OC2CC(O)CC(C(=O)O)O2)c([N+](=O)[O-])c1. The minimum absolute atomic E-state index is 0.00705. The number of aliphatic hydroxyl groups is 2. The fraction of sp³-hybridized carbons (Fsp3) is 0.632. The van der Waals surface area contributed by atoms with E-state index in [-0.39, 0.29) is 37.7 Å². The van der Waals surface area contributed by atoms with Gasteiger partial charge in [0.2, 0.25) is 6.29 Å². The lowest BCUT2D eigenvalue weighted by Crippen LogP contribution is -2.49. The average Bonchev–Trinajstić information content (AvgIpc) is 2.72. The van der Waals surface area contributed by atoms with Gasteiger partial charge in [-0.3, -0.25) is 10.1 Å². The number of ether oxygens (including phenoxy) is 3. The average molecular weight is 438 g/mol. The second kappa shape index (κ2) is 10.4. The van der Waals surface area contributed by atoms with E-state index in [0.717, 1.165) is 25.7 Å². The van der Waals surface area contributed by atoms with E-state index in [9.17, 15) is 25.1 Å². The number of benzene rings is 1. The monoisotopic (exact) mass is 438 g/mol. The van der Waals surface area contributed by atoms with Gasteiger partial charge in [-0.15, -0.1) is 0 Å². The first kappa shape index (κ1) is 23.4. The van der Waals surface area contributed by atoms with Crippen LogP contribution >= 0.6 is 0 Å². The normalized spacial score (nSPS) is 25.8. The Labute approximate surface area is 179 Å². The van der Waals surface area contributed by atoms with Crippen molar-refractivity contribution in [3.8, 4) is 5.75 Å². The van der Waals surface area contributed by atoms with Gasteiger partial charge in [0.15, 0.2) is 11.9 Å². The number of carboxylic acids is 1. The lowest BCUT2D eigenvalue weighted by molar-refractivity contribution is -0.386. The molecule has 2 saturated heterocycles. The van der Waals surface area contributed by atoms with Crippen LogP contribution in [0.15, 0.2) is 18.2 Å². The number of carbonyl (C=O) groups is 1. The van der Waals surface area contributed by atoms with E-state index in [4.69, 9.17) is 19.3 Å². The molecule has 11 nitrogen and oxygen atoms in total. The second-order valence-corrected chi connectivity index (χ2v) is 7.94. The van der Waals surface area contributed by atoms with E-state index in [1.54, 1.807) is 6.07 Å². The number of nitrogens with zero attached hydrogens (tertiary/aromatic N) is 2. The van der Waals surface area contributed by atoms with Crippen molar-refractivity contribution in [2.75, 3.05) is 13.6 Å². The number of aliphatic hydroxyl groups excluding tert-OH is 2. The van der Waals surface area contributed by atoms with Gasteiger partial charge in [0.1, 0.15) is 6.19 Å². The number of hydrogen-bond acceptors (Lipinski definition) is 9. The molecule has 170 valence electrons. The maximum atomic E-state index is 11.5. The summed E-state index contributed by atoms with van der Waals surface area (Å²) in [5, 5.41) is 40.8. The molecule has 2 fully saturated rings. The second-order valence-electron chi connectivity index (χ2n) is 7.94. The molecule has 1 aromatic carbocycles. The summed E-state index contributed by atoms with van der Waals surface area (Å²) in [5.74, 6) is -1.35. The zero-order valence-electron chi connectivity index (χ0n) is 17.3. The van der Waals surface area contributed by atoms with Gasteiger partial charge >= 0.3 is 11.7 Å². The molecule has 4 unspecified atom stereocenters. The molecule has 0 saturated carbocycles. The summed E-state index contributed by atoms with van der Waals surface area (Å²) in [6, 6.07) is 4.21. The van der Waals surface area contributed by atoms with Crippen LogP contribution in [0.4, 0.5) is 5.69 Å². The highest BCUT2D eigenvalue weighted by molar-refractivity contribution is 6.56. The third-order valence-electron chi connectivity index (χ3n) is 5.60. The first-order valence-corrected chi connectivity index (χ1v) is 10.2. The van der Waals surface area contributed by atoms with Crippen molar-refractivity contribution in [2.24, 2.45) is 0 Å². The molecule has 2 aliphatic rings. The molecular weight excluding hydrogens is 411 g/mol. The largest absolute Gasteiger partial charge is 0.479 e. The van der Waals surface area contributed by atoms with Gasteiger partial charge in [-0.2, -0.15) is 0 Å². The van der Waals surface area contributed by atoms with Gasteiger partial charge in [-0.1, -0.05) is 18.8 Å². The van der Waals surface area contributed by atoms with Gasteiger partial charge in [0.05, 0.1) is 17.6 Å². The molecule has 0 spiro atoms. The Hall–Kier alpha value is -2.25. The molecule has 0 bridgehead atoms. The summed E-state index contributed by atoms with van der Waals surface area (Å²) in [5.41, 5.74) is 0.130. The van der Waals surface area contributed by atoms with E-state index in [1.165, 1.54) is 12.1 Å². The molecule has 0 amide bonds. The predicted molar refractivity (Wildman–Crippen MR) is 108 cm³/mol. The lowest BCUT2D eigenvalue weighted by Gasteiger charge is -2.32. The van der Waals surface area contributed by atoms with Gasteiger partial charge < -0.3 is 34.3 Å². The van der Waals surface area contributed by atoms with Crippen LogP contribution in [-0.2, 0) is 20.9 Å². The van der Waals surface area contributed by atoms with Crippen molar-refractivity contribution in [1.29, 1.82) is 0 Å². The first-order chi connectivity index (χ1) is 14.7. The minimum atomic E-state index is -1.25. The number of nitro benzene ring substituents is 1. The molecule has 3 N–H and O–H groups in total. The van der Waals surface area contributed by atoms with Gasteiger partial charge in [0.25, 0.3) is 6.85 Å². The van der Waals surface area contributed by atoms with E-state index >= 15 is 0 Å². The van der Waals surface area contributed by atoms with Crippen LogP contribution in [0.2, 0.25) is 6.32 Å². The van der Waals surface area contributed by atoms with E-state index in [1.807, 2.05) is 11.9 Å². The van der Waals surface area contributed by atoms with E-state index < -0.39 is 35.6 Å². The van der Waals surface area contributed by atoms with Crippen LogP contribution in [0.25, 0.3) is 0 Å². The number of carboxylic acid groups (broad SMARTS) is 1. The molecule has 2 aliphatic heterocycles. The van der Waals surface area contributed by atoms with Crippen molar-refractivity contribution in [3.05, 3.63) is 33.9 Å². The van der Waals surface area contributed by atoms with Crippen LogP contribution in [0.5, 0.6) is 5.75 Å². The molecule has 0 aromatic heterocycles. The molecule has 0 aliphatic carbocycles. The summed E-state index contributed by atoms with van der Waals surface area (Å²) in [6.45, 7) is 0.735. The van der Waals surface area contributed by atoms with Crippen LogP contribution in [-0.4, -0.2) is 76.2 Å². The van der Waals surface area contributed by atoms with Gasteiger partial charge in [0, 0.05) is 18.9 Å². The smallest absolute Gasteiger partial charge is 0.333 e. The van der Waals surface area contributed by atoms with Gasteiger partial charge in [-0.05, 0) is 31.6 Å².